The summed E-state index contributed by atoms with van der Waals surface area (Å²) in [7, 11) is 1.62. The Morgan fingerprint density at radius 2 is 2.00 bits per heavy atom. The van der Waals surface area contributed by atoms with Crippen molar-refractivity contribution in [3.63, 3.8) is 0 Å². The first kappa shape index (κ1) is 12.3. The molecule has 0 saturated heterocycles. The van der Waals surface area contributed by atoms with Crippen LogP contribution in [0.1, 0.15) is 12.5 Å². The van der Waals surface area contributed by atoms with E-state index in [4.69, 9.17) is 14.2 Å². The van der Waals surface area contributed by atoms with Gasteiger partial charge >= 0.3 is 0 Å². The highest BCUT2D eigenvalue weighted by Crippen LogP contribution is 2.32. The zero-order valence-electron chi connectivity index (χ0n) is 9.17. The second-order valence-electron chi connectivity index (χ2n) is 3.01. The Morgan fingerprint density at radius 1 is 1.27 bits per heavy atom. The molecular formula is C11H15BrO3. The monoisotopic (exact) mass is 274 g/mol. The number of hydrogen-bond donors (Lipinski definition) is 0. The molecule has 3 nitrogen and oxygen atoms in total. The minimum absolute atomic E-state index is 0.244. The van der Waals surface area contributed by atoms with Crippen LogP contribution in [-0.4, -0.2) is 20.5 Å². The number of hydrogen-bond acceptors (Lipinski definition) is 3. The van der Waals surface area contributed by atoms with Gasteiger partial charge in [-0.2, -0.15) is 0 Å². The minimum atomic E-state index is 0.244. The Balaban J connectivity index is 2.80. The lowest BCUT2D eigenvalue weighted by molar-refractivity contribution is 0.0209. The summed E-state index contributed by atoms with van der Waals surface area (Å²) >= 11 is 3.44. The van der Waals surface area contributed by atoms with Crippen LogP contribution in [0.5, 0.6) is 11.5 Å². The molecule has 0 aliphatic carbocycles. The van der Waals surface area contributed by atoms with Crippen molar-refractivity contribution in [1.82, 2.24) is 0 Å². The van der Waals surface area contributed by atoms with Crippen LogP contribution in [0, 0.1) is 6.92 Å². The van der Waals surface area contributed by atoms with E-state index in [0.29, 0.717) is 18.1 Å². The number of benzene rings is 1. The molecule has 0 aliphatic heterocycles. The van der Waals surface area contributed by atoms with Crippen molar-refractivity contribution in [3.8, 4) is 11.5 Å². The topological polar surface area (TPSA) is 27.7 Å². The van der Waals surface area contributed by atoms with Crippen molar-refractivity contribution in [1.29, 1.82) is 0 Å². The van der Waals surface area contributed by atoms with Gasteiger partial charge in [0.15, 0.2) is 18.3 Å². The summed E-state index contributed by atoms with van der Waals surface area (Å²) in [5.41, 5.74) is 1.10. The largest absolute Gasteiger partial charge is 0.493 e. The fourth-order valence-electron chi connectivity index (χ4n) is 1.10. The molecule has 0 N–H and O–H groups in total. The molecule has 0 amide bonds. The van der Waals surface area contributed by atoms with Crippen LogP contribution >= 0.6 is 15.9 Å². The molecule has 0 aromatic heterocycles. The minimum Gasteiger partial charge on any atom is -0.493 e. The number of ether oxygens (including phenoxy) is 3. The van der Waals surface area contributed by atoms with E-state index < -0.39 is 0 Å². The molecular weight excluding hydrogens is 260 g/mol. The standard InChI is InChI=1S/C11H15BrO3/c1-4-14-7-15-11-5-8(2)9(12)6-10(11)13-3/h5-6H,4,7H2,1-3H3. The molecule has 0 aliphatic rings. The Labute approximate surface area is 98.5 Å². The maximum Gasteiger partial charge on any atom is 0.189 e. The third-order valence-electron chi connectivity index (χ3n) is 1.95. The number of halogens is 1. The molecule has 0 saturated carbocycles. The van der Waals surface area contributed by atoms with Gasteiger partial charge in [-0.3, -0.25) is 0 Å². The second kappa shape index (κ2) is 5.98. The molecule has 4 heteroatoms. The molecule has 84 valence electrons. The summed E-state index contributed by atoms with van der Waals surface area (Å²) in [6.07, 6.45) is 0. The molecule has 0 fully saturated rings. The lowest BCUT2D eigenvalue weighted by Gasteiger charge is -2.12. The predicted molar refractivity (Wildman–Crippen MR) is 62.6 cm³/mol. The van der Waals surface area contributed by atoms with E-state index in [1.54, 1.807) is 7.11 Å². The van der Waals surface area contributed by atoms with E-state index in [9.17, 15) is 0 Å². The highest BCUT2D eigenvalue weighted by atomic mass is 79.9. The van der Waals surface area contributed by atoms with E-state index >= 15 is 0 Å². The Kier molecular flexibility index (Phi) is 4.91. The van der Waals surface area contributed by atoms with Crippen molar-refractivity contribution >= 4 is 15.9 Å². The van der Waals surface area contributed by atoms with Crippen molar-refractivity contribution in [2.24, 2.45) is 0 Å². The van der Waals surface area contributed by atoms with Crippen molar-refractivity contribution < 1.29 is 14.2 Å². The van der Waals surface area contributed by atoms with Crippen molar-refractivity contribution in [3.05, 3.63) is 22.2 Å². The van der Waals surface area contributed by atoms with Crippen LogP contribution in [0.3, 0.4) is 0 Å². The first-order valence-corrected chi connectivity index (χ1v) is 5.53. The second-order valence-corrected chi connectivity index (χ2v) is 3.86. The van der Waals surface area contributed by atoms with Gasteiger partial charge < -0.3 is 14.2 Å². The van der Waals surface area contributed by atoms with E-state index in [2.05, 4.69) is 15.9 Å². The van der Waals surface area contributed by atoms with Crippen LogP contribution in [0.4, 0.5) is 0 Å². The third-order valence-corrected chi connectivity index (χ3v) is 2.80. The summed E-state index contributed by atoms with van der Waals surface area (Å²) in [6.45, 7) is 4.80. The Hall–Kier alpha value is -0.740. The lowest BCUT2D eigenvalue weighted by Crippen LogP contribution is -2.03. The molecule has 15 heavy (non-hydrogen) atoms. The number of methoxy groups -OCH3 is 1. The normalized spacial score (nSPS) is 10.1. The van der Waals surface area contributed by atoms with E-state index in [1.165, 1.54) is 0 Å². The lowest BCUT2D eigenvalue weighted by atomic mass is 10.2. The van der Waals surface area contributed by atoms with Gasteiger partial charge in [0.2, 0.25) is 0 Å². The molecule has 0 bridgehead atoms. The van der Waals surface area contributed by atoms with Crippen LogP contribution in [0.25, 0.3) is 0 Å². The maximum absolute atomic E-state index is 5.44. The fourth-order valence-corrected chi connectivity index (χ4v) is 1.42. The summed E-state index contributed by atoms with van der Waals surface area (Å²) in [6, 6.07) is 3.80. The van der Waals surface area contributed by atoms with E-state index in [1.807, 2.05) is 26.0 Å². The Bertz CT molecular complexity index is 326. The van der Waals surface area contributed by atoms with Crippen LogP contribution in [-0.2, 0) is 4.74 Å². The number of rotatable bonds is 5. The molecule has 0 unspecified atom stereocenters. The van der Waals surface area contributed by atoms with Gasteiger partial charge in [-0.15, -0.1) is 0 Å². The molecule has 0 spiro atoms. The molecule has 0 radical (unpaired) electrons. The average Bonchev–Trinajstić information content (AvgIpc) is 2.23. The fraction of sp³-hybridized carbons (Fsp3) is 0.455. The van der Waals surface area contributed by atoms with Crippen LogP contribution < -0.4 is 9.47 Å². The van der Waals surface area contributed by atoms with Crippen molar-refractivity contribution in [2.45, 2.75) is 13.8 Å². The van der Waals surface area contributed by atoms with Crippen LogP contribution in [0.2, 0.25) is 0 Å². The zero-order valence-corrected chi connectivity index (χ0v) is 10.8. The summed E-state index contributed by atoms with van der Waals surface area (Å²) in [5.74, 6) is 1.40. The maximum atomic E-state index is 5.44. The molecule has 0 atom stereocenters. The van der Waals surface area contributed by atoms with Crippen molar-refractivity contribution in [2.75, 3.05) is 20.5 Å². The molecule has 1 aromatic rings. The quantitative estimate of drug-likeness (QED) is 0.610. The van der Waals surface area contributed by atoms with E-state index in [0.717, 1.165) is 10.0 Å². The smallest absolute Gasteiger partial charge is 0.189 e. The first-order valence-electron chi connectivity index (χ1n) is 4.73. The highest BCUT2D eigenvalue weighted by Gasteiger charge is 2.07. The summed E-state index contributed by atoms with van der Waals surface area (Å²) in [4.78, 5) is 0. The van der Waals surface area contributed by atoms with Gasteiger partial charge in [0, 0.05) is 11.1 Å². The Morgan fingerprint density at radius 3 is 2.60 bits per heavy atom. The van der Waals surface area contributed by atoms with Gasteiger partial charge in [-0.25, -0.2) is 0 Å². The van der Waals surface area contributed by atoms with E-state index in [-0.39, 0.29) is 6.79 Å². The number of aryl methyl sites for hydroxylation is 1. The average molecular weight is 275 g/mol. The van der Waals surface area contributed by atoms with Gasteiger partial charge in [0.25, 0.3) is 0 Å². The molecule has 0 heterocycles. The summed E-state index contributed by atoms with van der Waals surface area (Å²) < 4.78 is 16.8. The van der Waals surface area contributed by atoms with Gasteiger partial charge in [-0.05, 0) is 31.5 Å². The highest BCUT2D eigenvalue weighted by molar-refractivity contribution is 9.10. The SMILES string of the molecule is CCOCOc1cc(C)c(Br)cc1OC. The predicted octanol–water partition coefficient (Wildman–Crippen LogP) is 3.14. The summed E-state index contributed by atoms with van der Waals surface area (Å²) in [5, 5.41) is 0. The van der Waals surface area contributed by atoms with Crippen LogP contribution in [0.15, 0.2) is 16.6 Å². The van der Waals surface area contributed by atoms with Gasteiger partial charge in [-0.1, -0.05) is 15.9 Å². The van der Waals surface area contributed by atoms with Gasteiger partial charge in [0.1, 0.15) is 0 Å². The molecule has 1 aromatic carbocycles. The first-order chi connectivity index (χ1) is 7.19. The molecule has 1 rings (SSSR count). The third kappa shape index (κ3) is 3.39. The van der Waals surface area contributed by atoms with Gasteiger partial charge in [0.05, 0.1) is 7.11 Å². The zero-order chi connectivity index (χ0) is 11.3.